The monoisotopic (exact) mass is 460 g/mol. The Morgan fingerprint density at radius 1 is 0.739 bits per heavy atom. The van der Waals surface area contributed by atoms with E-state index in [-0.39, 0.29) is 0 Å². The molecular formula is C16H14N2O2S2Te. The van der Waals surface area contributed by atoms with Gasteiger partial charge in [-0.1, -0.05) is 0 Å². The molecule has 0 atom stereocenters. The van der Waals surface area contributed by atoms with Gasteiger partial charge in [-0.2, -0.15) is 0 Å². The van der Waals surface area contributed by atoms with Gasteiger partial charge in [-0.15, -0.1) is 0 Å². The van der Waals surface area contributed by atoms with E-state index in [2.05, 4.69) is 16.8 Å². The molecule has 0 radical (unpaired) electrons. The zero-order valence-corrected chi connectivity index (χ0v) is 16.5. The van der Waals surface area contributed by atoms with Crippen molar-refractivity contribution in [2.45, 2.75) is 0 Å². The predicted molar refractivity (Wildman–Crippen MR) is 101 cm³/mol. The molecule has 0 aliphatic carbocycles. The maximum absolute atomic E-state index is 5.21. The minimum absolute atomic E-state index is 0.762. The molecule has 118 valence electrons. The molecule has 23 heavy (non-hydrogen) atoms. The van der Waals surface area contributed by atoms with E-state index >= 15 is 0 Å². The summed E-state index contributed by atoms with van der Waals surface area (Å²) in [6.45, 7) is 0. The van der Waals surface area contributed by atoms with Crippen LogP contribution in [0.3, 0.4) is 0 Å². The number of hydrogen-bond donors (Lipinski definition) is 0. The van der Waals surface area contributed by atoms with Crippen LogP contribution in [0.1, 0.15) is 0 Å². The van der Waals surface area contributed by atoms with Gasteiger partial charge in [0.1, 0.15) is 0 Å². The summed E-state index contributed by atoms with van der Waals surface area (Å²) in [7, 11) is 3.25. The van der Waals surface area contributed by atoms with E-state index in [1.165, 1.54) is 0 Å². The van der Waals surface area contributed by atoms with Crippen molar-refractivity contribution in [1.29, 1.82) is 0 Å². The second-order valence-corrected chi connectivity index (χ2v) is 11.5. The van der Waals surface area contributed by atoms with E-state index in [9.17, 15) is 0 Å². The molecule has 2 aromatic rings. The molecule has 0 aliphatic heterocycles. The quantitative estimate of drug-likeness (QED) is 0.379. The van der Waals surface area contributed by atoms with Crippen molar-refractivity contribution in [2.24, 2.45) is 6.49 Å². The number of ether oxygens (including phenoxy) is 2. The summed E-state index contributed by atoms with van der Waals surface area (Å²) in [6.07, 6.45) is 0. The van der Waals surface area contributed by atoms with Crippen molar-refractivity contribution in [3.63, 3.8) is 0 Å². The van der Waals surface area contributed by atoms with Gasteiger partial charge in [0.15, 0.2) is 0 Å². The van der Waals surface area contributed by atoms with Gasteiger partial charge in [-0.05, 0) is 0 Å². The molecule has 4 nitrogen and oxygen atoms in total. The first-order chi connectivity index (χ1) is 11.2. The fourth-order valence-corrected chi connectivity index (χ4v) is 9.11. The second kappa shape index (κ2) is 8.33. The molecule has 2 aromatic carbocycles. The molecule has 0 spiro atoms. The fraction of sp³-hybridized carbons (Fsp3) is 0.125. The van der Waals surface area contributed by atoms with Crippen LogP contribution in [0.4, 0.5) is 0 Å². The SMILES string of the molecule is COc1ccc([Te](N=C=S)(N=C=S)c2ccc(OC)cc2)cc1. The van der Waals surface area contributed by atoms with E-state index in [4.69, 9.17) is 33.9 Å². The van der Waals surface area contributed by atoms with Crippen LogP contribution in [0.5, 0.6) is 11.5 Å². The molecule has 0 N–H and O–H groups in total. The van der Waals surface area contributed by atoms with Crippen molar-refractivity contribution in [1.82, 2.24) is 0 Å². The predicted octanol–water partition coefficient (Wildman–Crippen LogP) is 2.47. The Morgan fingerprint density at radius 2 is 1.09 bits per heavy atom. The molecule has 2 rings (SSSR count). The van der Waals surface area contributed by atoms with Crippen molar-refractivity contribution in [2.75, 3.05) is 14.2 Å². The van der Waals surface area contributed by atoms with Crippen LogP contribution in [-0.2, 0) is 0 Å². The third kappa shape index (κ3) is 3.85. The summed E-state index contributed by atoms with van der Waals surface area (Å²) >= 11 is 6.17. The van der Waals surface area contributed by atoms with E-state index in [0.717, 1.165) is 18.7 Å². The van der Waals surface area contributed by atoms with Crippen LogP contribution in [0, 0.1) is 0 Å². The Kier molecular flexibility index (Phi) is 6.44. The summed E-state index contributed by atoms with van der Waals surface area (Å²) in [5.74, 6) is 1.52. The van der Waals surface area contributed by atoms with Gasteiger partial charge in [0, 0.05) is 0 Å². The van der Waals surface area contributed by atoms with E-state index in [0.29, 0.717) is 0 Å². The van der Waals surface area contributed by atoms with Gasteiger partial charge in [-0.3, -0.25) is 0 Å². The number of methoxy groups -OCH3 is 2. The minimum atomic E-state index is -3.57. The summed E-state index contributed by atoms with van der Waals surface area (Å²) in [6, 6.07) is 15.3. The summed E-state index contributed by atoms with van der Waals surface area (Å²) in [5, 5.41) is 5.00. The molecule has 0 fully saturated rings. The van der Waals surface area contributed by atoms with Crippen LogP contribution < -0.4 is 16.7 Å². The topological polar surface area (TPSA) is 43.2 Å². The van der Waals surface area contributed by atoms with Crippen molar-refractivity contribution < 1.29 is 9.47 Å². The Bertz CT molecular complexity index is 698. The standard InChI is InChI=1S/C16H14N2O2S2Te/c1-19-13-3-7-15(8-4-13)23(17-11-21,18-12-22)16-9-5-14(20-2)6-10-16/h3-10H,1-2H3. The number of thiocarbonyl (C=S) groups is 2. The van der Waals surface area contributed by atoms with Crippen LogP contribution in [0.15, 0.2) is 55.0 Å². The summed E-state index contributed by atoms with van der Waals surface area (Å²) in [5.41, 5.74) is 0. The first kappa shape index (κ1) is 17.8. The van der Waals surface area contributed by atoms with Crippen molar-refractivity contribution in [3.8, 4) is 11.5 Å². The molecule has 0 bridgehead atoms. The maximum atomic E-state index is 5.21. The van der Waals surface area contributed by atoms with Gasteiger partial charge in [0.05, 0.1) is 0 Å². The van der Waals surface area contributed by atoms with Gasteiger partial charge < -0.3 is 0 Å². The molecule has 0 unspecified atom stereocenters. The number of benzene rings is 2. The Hall–Kier alpha value is -1.57. The van der Waals surface area contributed by atoms with E-state index < -0.39 is 18.7 Å². The van der Waals surface area contributed by atoms with E-state index in [1.54, 1.807) is 14.2 Å². The third-order valence-electron chi connectivity index (χ3n) is 3.11. The van der Waals surface area contributed by atoms with Crippen LogP contribution in [-0.4, -0.2) is 43.3 Å². The summed E-state index contributed by atoms with van der Waals surface area (Å²) in [4.78, 5) is 0. The number of isothiocyanates is 2. The number of hydrogen-bond acceptors (Lipinski definition) is 6. The van der Waals surface area contributed by atoms with Gasteiger partial charge in [0.2, 0.25) is 0 Å². The van der Waals surface area contributed by atoms with Crippen molar-refractivity contribution >= 4 is 60.7 Å². The van der Waals surface area contributed by atoms with Gasteiger partial charge in [-0.25, -0.2) is 0 Å². The average molecular weight is 458 g/mol. The van der Waals surface area contributed by atoms with Gasteiger partial charge >= 0.3 is 151 Å². The molecule has 0 saturated carbocycles. The van der Waals surface area contributed by atoms with Crippen LogP contribution in [0.25, 0.3) is 0 Å². The molecule has 0 aromatic heterocycles. The molecule has 0 saturated heterocycles. The first-order valence-electron chi connectivity index (χ1n) is 6.50. The summed E-state index contributed by atoms with van der Waals surface area (Å²) < 4.78 is 21.3. The number of nitrogens with zero attached hydrogens (tertiary/aromatic N) is 2. The average Bonchev–Trinajstić information content (AvgIpc) is 2.61. The number of rotatable bonds is 6. The Labute approximate surface area is 150 Å². The van der Waals surface area contributed by atoms with E-state index in [1.807, 2.05) is 48.5 Å². The Morgan fingerprint density at radius 3 is 1.35 bits per heavy atom. The third-order valence-corrected chi connectivity index (χ3v) is 11.4. The zero-order chi connectivity index (χ0) is 16.7. The Balaban J connectivity index is 2.66. The fourth-order valence-electron chi connectivity index (χ4n) is 2.01. The molecule has 0 amide bonds. The zero-order valence-electron chi connectivity index (χ0n) is 12.6. The first-order valence-corrected chi connectivity index (χ1v) is 11.7. The second-order valence-electron chi connectivity index (χ2n) is 4.27. The molecular weight excluding hydrogens is 444 g/mol. The van der Waals surface area contributed by atoms with Crippen LogP contribution in [0.2, 0.25) is 0 Å². The molecule has 7 heteroatoms. The normalized spacial score (nSPS) is 10.9. The van der Waals surface area contributed by atoms with Crippen LogP contribution >= 0.6 is 24.4 Å². The van der Waals surface area contributed by atoms with Gasteiger partial charge in [0.25, 0.3) is 0 Å². The molecule has 0 heterocycles. The van der Waals surface area contributed by atoms with Crippen molar-refractivity contribution in [3.05, 3.63) is 48.5 Å². The molecule has 0 aliphatic rings.